The second-order valence-electron chi connectivity index (χ2n) is 5.69. The highest BCUT2D eigenvalue weighted by Crippen LogP contribution is 2.20. The molecule has 2 rings (SSSR count). The van der Waals surface area contributed by atoms with Gasteiger partial charge in [0.15, 0.2) is 0 Å². The molecule has 5 nitrogen and oxygen atoms in total. The van der Waals surface area contributed by atoms with Gasteiger partial charge in [0.05, 0.1) is 19.3 Å². The van der Waals surface area contributed by atoms with E-state index < -0.39 is 0 Å². The fourth-order valence-corrected chi connectivity index (χ4v) is 2.47. The van der Waals surface area contributed by atoms with E-state index in [9.17, 15) is 4.79 Å². The van der Waals surface area contributed by atoms with Crippen LogP contribution in [0.25, 0.3) is 0 Å². The van der Waals surface area contributed by atoms with Crippen LogP contribution in [0.3, 0.4) is 0 Å². The van der Waals surface area contributed by atoms with Gasteiger partial charge >= 0.3 is 0 Å². The molecule has 0 aromatic heterocycles. The zero-order chi connectivity index (χ0) is 15.9. The number of benzene rings is 1. The summed E-state index contributed by atoms with van der Waals surface area (Å²) < 4.78 is 11.3. The molecule has 22 heavy (non-hydrogen) atoms. The number of hydrogen-bond acceptors (Lipinski definition) is 4. The number of hydrogen-bond donors (Lipinski definition) is 2. The van der Waals surface area contributed by atoms with Crippen LogP contribution in [0.1, 0.15) is 31.4 Å². The van der Waals surface area contributed by atoms with E-state index in [1.54, 1.807) is 0 Å². The molecule has 1 aliphatic rings. The molecule has 1 heterocycles. The minimum Gasteiger partial charge on any atom is -0.493 e. The third-order valence-electron chi connectivity index (χ3n) is 3.74. The molecule has 1 amide bonds. The molecule has 0 unspecified atom stereocenters. The van der Waals surface area contributed by atoms with E-state index in [1.165, 1.54) is 0 Å². The summed E-state index contributed by atoms with van der Waals surface area (Å²) in [6, 6.07) is 5.76. The van der Waals surface area contributed by atoms with Crippen LogP contribution in [0.15, 0.2) is 18.2 Å². The lowest BCUT2D eigenvalue weighted by molar-refractivity contribution is -0.129. The molecule has 2 N–H and O–H groups in total. The topological polar surface area (TPSA) is 59.6 Å². The van der Waals surface area contributed by atoms with Crippen LogP contribution >= 0.6 is 0 Å². The Balaban J connectivity index is 1.96. The summed E-state index contributed by atoms with van der Waals surface area (Å²) in [5, 5.41) is 6.17. The Bertz CT molecular complexity index is 505. The summed E-state index contributed by atoms with van der Waals surface area (Å²) in [5.74, 6) is 0.817. The quantitative estimate of drug-likeness (QED) is 0.841. The molecule has 1 aliphatic heterocycles. The summed E-state index contributed by atoms with van der Waals surface area (Å²) in [4.78, 5) is 12.3. The molecule has 122 valence electrons. The van der Waals surface area contributed by atoms with Crippen molar-refractivity contribution in [2.75, 3.05) is 19.8 Å². The SMILES string of the molecule is CCCOc1cc(C)ccc1CNC(=O)[C@H]1NCCO[C@@H]1C. The molecule has 0 bridgehead atoms. The smallest absolute Gasteiger partial charge is 0.240 e. The van der Waals surface area contributed by atoms with Gasteiger partial charge in [0.1, 0.15) is 11.8 Å². The van der Waals surface area contributed by atoms with E-state index in [4.69, 9.17) is 9.47 Å². The van der Waals surface area contributed by atoms with Crippen molar-refractivity contribution in [3.8, 4) is 5.75 Å². The Morgan fingerprint density at radius 1 is 1.50 bits per heavy atom. The zero-order valence-electron chi connectivity index (χ0n) is 13.6. The van der Waals surface area contributed by atoms with E-state index in [-0.39, 0.29) is 18.1 Å². The Hall–Kier alpha value is -1.59. The number of morpholine rings is 1. The Kier molecular flexibility index (Phi) is 6.21. The zero-order valence-corrected chi connectivity index (χ0v) is 13.6. The number of carbonyl (C=O) groups excluding carboxylic acids is 1. The number of aryl methyl sites for hydroxylation is 1. The first-order chi connectivity index (χ1) is 10.6. The summed E-state index contributed by atoms with van der Waals surface area (Å²) in [7, 11) is 0. The number of carbonyl (C=O) groups is 1. The molecule has 1 aromatic carbocycles. The average Bonchev–Trinajstić information content (AvgIpc) is 2.52. The predicted octanol–water partition coefficient (Wildman–Crippen LogP) is 1.78. The summed E-state index contributed by atoms with van der Waals surface area (Å²) >= 11 is 0. The fourth-order valence-electron chi connectivity index (χ4n) is 2.47. The Morgan fingerprint density at radius 3 is 3.05 bits per heavy atom. The molecule has 1 aromatic rings. The van der Waals surface area contributed by atoms with Gasteiger partial charge in [-0.15, -0.1) is 0 Å². The molecule has 0 aliphatic carbocycles. The first-order valence-electron chi connectivity index (χ1n) is 7.97. The first kappa shape index (κ1) is 16.8. The van der Waals surface area contributed by atoms with E-state index in [0.29, 0.717) is 26.3 Å². The third-order valence-corrected chi connectivity index (χ3v) is 3.74. The van der Waals surface area contributed by atoms with Gasteiger partial charge in [0, 0.05) is 18.7 Å². The van der Waals surface area contributed by atoms with Crippen LogP contribution in [0, 0.1) is 6.92 Å². The minimum atomic E-state index is -0.292. The Labute approximate surface area is 132 Å². The lowest BCUT2D eigenvalue weighted by Gasteiger charge is -2.29. The molecule has 1 fully saturated rings. The molecule has 2 atom stereocenters. The van der Waals surface area contributed by atoms with E-state index >= 15 is 0 Å². The Morgan fingerprint density at radius 2 is 2.32 bits per heavy atom. The summed E-state index contributed by atoms with van der Waals surface area (Å²) in [5.41, 5.74) is 2.15. The van der Waals surface area contributed by atoms with Gasteiger partial charge < -0.3 is 20.1 Å². The third kappa shape index (κ3) is 4.45. The van der Waals surface area contributed by atoms with Gasteiger partial charge in [-0.2, -0.15) is 0 Å². The van der Waals surface area contributed by atoms with E-state index in [0.717, 1.165) is 23.3 Å². The monoisotopic (exact) mass is 306 g/mol. The van der Waals surface area contributed by atoms with E-state index in [1.807, 2.05) is 32.0 Å². The highest BCUT2D eigenvalue weighted by molar-refractivity contribution is 5.82. The van der Waals surface area contributed by atoms with Crippen LogP contribution < -0.4 is 15.4 Å². The van der Waals surface area contributed by atoms with Crippen molar-refractivity contribution in [2.24, 2.45) is 0 Å². The van der Waals surface area contributed by atoms with Gasteiger partial charge in [-0.05, 0) is 31.9 Å². The normalized spacial score (nSPS) is 21.4. The van der Waals surface area contributed by atoms with Crippen LogP contribution in [0.4, 0.5) is 0 Å². The molecule has 0 spiro atoms. The number of nitrogens with one attached hydrogen (secondary N) is 2. The van der Waals surface area contributed by atoms with Gasteiger partial charge in [-0.1, -0.05) is 19.1 Å². The standard InChI is InChI=1S/C17H26N2O3/c1-4-8-22-15-10-12(2)5-6-14(15)11-19-17(20)16-13(3)21-9-7-18-16/h5-6,10,13,16,18H,4,7-9,11H2,1-3H3,(H,19,20)/t13-,16+/m1/s1. The average molecular weight is 306 g/mol. The summed E-state index contributed by atoms with van der Waals surface area (Å²) in [6.45, 7) is 8.52. The maximum Gasteiger partial charge on any atom is 0.240 e. The molecule has 0 saturated carbocycles. The number of ether oxygens (including phenoxy) is 2. The minimum absolute atomic E-state index is 0.0331. The van der Waals surface area contributed by atoms with Gasteiger partial charge in [-0.25, -0.2) is 0 Å². The number of rotatable bonds is 6. The van der Waals surface area contributed by atoms with Gasteiger partial charge in [0.2, 0.25) is 5.91 Å². The second-order valence-corrected chi connectivity index (χ2v) is 5.69. The van der Waals surface area contributed by atoms with Crippen molar-refractivity contribution in [3.05, 3.63) is 29.3 Å². The molecular weight excluding hydrogens is 280 g/mol. The van der Waals surface area contributed by atoms with Crippen molar-refractivity contribution >= 4 is 5.91 Å². The molecular formula is C17H26N2O3. The van der Waals surface area contributed by atoms with Crippen LogP contribution in [0.5, 0.6) is 5.75 Å². The fraction of sp³-hybridized carbons (Fsp3) is 0.588. The van der Waals surface area contributed by atoms with Crippen LogP contribution in [0.2, 0.25) is 0 Å². The lowest BCUT2D eigenvalue weighted by atomic mass is 10.1. The van der Waals surface area contributed by atoms with Crippen molar-refractivity contribution in [1.82, 2.24) is 10.6 Å². The van der Waals surface area contributed by atoms with Crippen molar-refractivity contribution in [3.63, 3.8) is 0 Å². The second kappa shape index (κ2) is 8.15. The van der Waals surface area contributed by atoms with Gasteiger partial charge in [0.25, 0.3) is 0 Å². The molecule has 5 heteroatoms. The van der Waals surface area contributed by atoms with Crippen molar-refractivity contribution < 1.29 is 14.3 Å². The van der Waals surface area contributed by atoms with Crippen LogP contribution in [-0.4, -0.2) is 37.8 Å². The highest BCUT2D eigenvalue weighted by Gasteiger charge is 2.28. The van der Waals surface area contributed by atoms with Crippen LogP contribution in [-0.2, 0) is 16.1 Å². The highest BCUT2D eigenvalue weighted by atomic mass is 16.5. The van der Waals surface area contributed by atoms with Crippen molar-refractivity contribution in [1.29, 1.82) is 0 Å². The summed E-state index contributed by atoms with van der Waals surface area (Å²) in [6.07, 6.45) is 0.850. The maximum atomic E-state index is 12.3. The molecule has 0 radical (unpaired) electrons. The predicted molar refractivity (Wildman–Crippen MR) is 86.0 cm³/mol. The largest absolute Gasteiger partial charge is 0.493 e. The number of amides is 1. The van der Waals surface area contributed by atoms with Crippen molar-refractivity contribution in [2.45, 2.75) is 45.9 Å². The van der Waals surface area contributed by atoms with Gasteiger partial charge in [-0.3, -0.25) is 4.79 Å². The molecule has 1 saturated heterocycles. The lowest BCUT2D eigenvalue weighted by Crippen LogP contribution is -2.55. The first-order valence-corrected chi connectivity index (χ1v) is 7.97. The maximum absolute atomic E-state index is 12.3. The van der Waals surface area contributed by atoms with E-state index in [2.05, 4.69) is 17.6 Å².